The van der Waals surface area contributed by atoms with E-state index in [1.54, 1.807) is 0 Å². The van der Waals surface area contributed by atoms with E-state index < -0.39 is 0 Å². The van der Waals surface area contributed by atoms with Crippen molar-refractivity contribution in [3.63, 3.8) is 0 Å². The molecular formula is C25H35N3O. The molecule has 4 aliphatic carbocycles. The predicted molar refractivity (Wildman–Crippen MR) is 115 cm³/mol. The zero-order valence-corrected chi connectivity index (χ0v) is 17.6. The van der Waals surface area contributed by atoms with Crippen LogP contribution in [0.15, 0.2) is 30.3 Å². The van der Waals surface area contributed by atoms with Crippen LogP contribution in [0.3, 0.4) is 0 Å². The van der Waals surface area contributed by atoms with Gasteiger partial charge in [0.15, 0.2) is 0 Å². The smallest absolute Gasteiger partial charge is 0.234 e. The Labute approximate surface area is 175 Å². The SMILES string of the molecule is O=C(CN1CCN2CCCC2C1)NC12C[C@H]3C[C@@H](C1)CC(c1ccccc1)(C3)C2. The molecule has 29 heavy (non-hydrogen) atoms. The molecule has 6 aliphatic rings. The maximum atomic E-state index is 13.2. The minimum absolute atomic E-state index is 0.0478. The molecule has 4 saturated carbocycles. The number of hydrogen-bond donors (Lipinski definition) is 1. The summed E-state index contributed by atoms with van der Waals surface area (Å²) in [5, 5.41) is 3.63. The maximum absolute atomic E-state index is 13.2. The third kappa shape index (κ3) is 3.23. The molecule has 0 aromatic heterocycles. The lowest BCUT2D eigenvalue weighted by Gasteiger charge is -2.62. The fourth-order valence-corrected chi connectivity index (χ4v) is 8.28. The summed E-state index contributed by atoms with van der Waals surface area (Å²) in [6.45, 7) is 5.14. The molecule has 156 valence electrons. The van der Waals surface area contributed by atoms with Gasteiger partial charge in [0.1, 0.15) is 0 Å². The first kappa shape index (κ1) is 18.4. The summed E-state index contributed by atoms with van der Waals surface area (Å²) in [7, 11) is 0. The normalized spacial score (nSPS) is 41.4. The van der Waals surface area contributed by atoms with Crippen molar-refractivity contribution in [2.24, 2.45) is 11.8 Å². The van der Waals surface area contributed by atoms with Gasteiger partial charge in [-0.15, -0.1) is 0 Å². The zero-order valence-electron chi connectivity index (χ0n) is 17.6. The molecule has 2 aliphatic heterocycles. The highest BCUT2D eigenvalue weighted by atomic mass is 16.2. The highest BCUT2D eigenvalue weighted by Gasteiger charge is 2.58. The van der Waals surface area contributed by atoms with Crippen LogP contribution in [0.2, 0.25) is 0 Å². The molecule has 2 heterocycles. The Hall–Kier alpha value is -1.39. The first-order valence-electron chi connectivity index (χ1n) is 11.9. The Morgan fingerprint density at radius 2 is 1.83 bits per heavy atom. The quantitative estimate of drug-likeness (QED) is 0.853. The minimum Gasteiger partial charge on any atom is -0.350 e. The number of benzene rings is 1. The van der Waals surface area contributed by atoms with Gasteiger partial charge < -0.3 is 5.32 Å². The lowest BCUT2D eigenvalue weighted by atomic mass is 9.45. The second-order valence-corrected chi connectivity index (χ2v) is 11.0. The Morgan fingerprint density at radius 1 is 1.03 bits per heavy atom. The molecule has 4 nitrogen and oxygen atoms in total. The van der Waals surface area contributed by atoms with E-state index in [0.29, 0.717) is 18.0 Å². The third-order valence-corrected chi connectivity index (χ3v) is 8.89. The molecule has 1 amide bonds. The van der Waals surface area contributed by atoms with Crippen molar-refractivity contribution in [2.45, 2.75) is 68.4 Å². The molecule has 1 aromatic rings. The van der Waals surface area contributed by atoms with Crippen LogP contribution in [0.1, 0.15) is 56.9 Å². The number of hydrogen-bond acceptors (Lipinski definition) is 3. The number of rotatable bonds is 4. The van der Waals surface area contributed by atoms with Crippen molar-refractivity contribution in [1.82, 2.24) is 15.1 Å². The topological polar surface area (TPSA) is 35.6 Å². The van der Waals surface area contributed by atoms with Gasteiger partial charge in [-0.25, -0.2) is 0 Å². The van der Waals surface area contributed by atoms with Crippen molar-refractivity contribution < 1.29 is 4.79 Å². The second kappa shape index (κ2) is 6.81. The van der Waals surface area contributed by atoms with Gasteiger partial charge in [0.2, 0.25) is 5.91 Å². The summed E-state index contributed by atoms with van der Waals surface area (Å²) < 4.78 is 0. The van der Waals surface area contributed by atoms with Gasteiger partial charge in [0.25, 0.3) is 0 Å². The number of nitrogens with one attached hydrogen (secondary N) is 1. The third-order valence-electron chi connectivity index (χ3n) is 8.89. The fourth-order valence-electron chi connectivity index (χ4n) is 8.28. The monoisotopic (exact) mass is 393 g/mol. The van der Waals surface area contributed by atoms with E-state index in [9.17, 15) is 4.79 Å². The summed E-state index contributed by atoms with van der Waals surface area (Å²) in [6, 6.07) is 11.9. The molecule has 7 rings (SSSR count). The van der Waals surface area contributed by atoms with Gasteiger partial charge in [0, 0.05) is 31.2 Å². The van der Waals surface area contributed by atoms with Gasteiger partial charge in [-0.3, -0.25) is 14.6 Å². The number of fused-ring (bicyclic) bond motifs is 1. The van der Waals surface area contributed by atoms with E-state index >= 15 is 0 Å². The molecule has 5 atom stereocenters. The minimum atomic E-state index is 0.0478. The molecule has 4 heteroatoms. The van der Waals surface area contributed by atoms with E-state index in [4.69, 9.17) is 0 Å². The lowest BCUT2D eigenvalue weighted by molar-refractivity contribution is -0.129. The highest BCUT2D eigenvalue weighted by Crippen LogP contribution is 2.62. The molecule has 6 fully saturated rings. The maximum Gasteiger partial charge on any atom is 0.234 e. The largest absolute Gasteiger partial charge is 0.350 e. The van der Waals surface area contributed by atoms with Crippen molar-refractivity contribution in [2.75, 3.05) is 32.7 Å². The van der Waals surface area contributed by atoms with Crippen molar-refractivity contribution >= 4 is 5.91 Å². The van der Waals surface area contributed by atoms with Gasteiger partial charge in [-0.1, -0.05) is 30.3 Å². The van der Waals surface area contributed by atoms with Crippen LogP contribution in [-0.2, 0) is 10.2 Å². The first-order valence-corrected chi connectivity index (χ1v) is 11.9. The van der Waals surface area contributed by atoms with E-state index in [0.717, 1.165) is 37.9 Å². The number of piperazine rings is 1. The zero-order chi connectivity index (χ0) is 19.5. The predicted octanol–water partition coefficient (Wildman–Crippen LogP) is 3.17. The molecule has 2 saturated heterocycles. The number of carbonyl (C=O) groups is 1. The Bertz CT molecular complexity index is 764. The molecular weight excluding hydrogens is 358 g/mol. The van der Waals surface area contributed by atoms with Crippen molar-refractivity contribution in [1.29, 1.82) is 0 Å². The molecule has 1 aromatic carbocycles. The van der Waals surface area contributed by atoms with Gasteiger partial charge in [0.05, 0.1) is 6.54 Å². The average molecular weight is 394 g/mol. The Kier molecular flexibility index (Phi) is 4.32. The summed E-state index contributed by atoms with van der Waals surface area (Å²) in [6.07, 6.45) is 10.3. The molecule has 1 N–H and O–H groups in total. The number of amides is 1. The second-order valence-electron chi connectivity index (χ2n) is 11.0. The van der Waals surface area contributed by atoms with Gasteiger partial charge in [-0.2, -0.15) is 0 Å². The average Bonchev–Trinajstić information content (AvgIpc) is 3.15. The van der Waals surface area contributed by atoms with Crippen molar-refractivity contribution in [3.8, 4) is 0 Å². The van der Waals surface area contributed by atoms with Crippen LogP contribution < -0.4 is 5.32 Å². The fraction of sp³-hybridized carbons (Fsp3) is 0.720. The Morgan fingerprint density at radius 3 is 2.62 bits per heavy atom. The van der Waals surface area contributed by atoms with Crippen LogP contribution in [0.5, 0.6) is 0 Å². The summed E-state index contributed by atoms with van der Waals surface area (Å²) >= 11 is 0. The Balaban J connectivity index is 1.16. The van der Waals surface area contributed by atoms with E-state index in [1.165, 1.54) is 57.1 Å². The molecule has 0 spiro atoms. The number of nitrogens with zero attached hydrogens (tertiary/aromatic N) is 2. The lowest BCUT2D eigenvalue weighted by Crippen LogP contribution is -2.65. The van der Waals surface area contributed by atoms with E-state index in [2.05, 4.69) is 45.4 Å². The van der Waals surface area contributed by atoms with Crippen LogP contribution >= 0.6 is 0 Å². The van der Waals surface area contributed by atoms with E-state index in [1.807, 2.05) is 0 Å². The van der Waals surface area contributed by atoms with Gasteiger partial charge >= 0.3 is 0 Å². The van der Waals surface area contributed by atoms with Crippen molar-refractivity contribution in [3.05, 3.63) is 35.9 Å². The summed E-state index contributed by atoms with van der Waals surface area (Å²) in [5.74, 6) is 1.86. The van der Waals surface area contributed by atoms with Crippen LogP contribution in [0.25, 0.3) is 0 Å². The molecule has 4 bridgehead atoms. The number of carbonyl (C=O) groups excluding carboxylic acids is 1. The highest BCUT2D eigenvalue weighted by molar-refractivity contribution is 5.79. The van der Waals surface area contributed by atoms with E-state index in [-0.39, 0.29) is 11.4 Å². The first-order chi connectivity index (χ1) is 14.1. The molecule has 0 radical (unpaired) electrons. The molecule has 3 unspecified atom stereocenters. The standard InChI is InChI=1S/C25H35N3O/c29-23(17-27-9-10-28-8-4-7-22(28)16-27)26-25-14-19-11-20(15-25)13-24(12-19,18-25)21-5-2-1-3-6-21/h1-3,5-6,19-20,22H,4,7-18H2,(H,26,29)/t19-,20+,22?,24?,25?. The van der Waals surface area contributed by atoms with Crippen LogP contribution in [-0.4, -0.2) is 60.0 Å². The van der Waals surface area contributed by atoms with Gasteiger partial charge in [-0.05, 0) is 80.7 Å². The van der Waals surface area contributed by atoms with Crippen LogP contribution in [0, 0.1) is 11.8 Å². The van der Waals surface area contributed by atoms with Crippen LogP contribution in [0.4, 0.5) is 0 Å². The summed E-state index contributed by atoms with van der Waals surface area (Å²) in [4.78, 5) is 18.2. The summed E-state index contributed by atoms with van der Waals surface area (Å²) in [5.41, 5.74) is 1.87.